The van der Waals surface area contributed by atoms with Crippen LogP contribution in [0.25, 0.3) is 0 Å². The van der Waals surface area contributed by atoms with Crippen molar-refractivity contribution < 1.29 is 9.26 Å². The number of hydrogen-bond donors (Lipinski definition) is 2. The lowest BCUT2D eigenvalue weighted by Gasteiger charge is -2.12. The maximum absolute atomic E-state index is 6.11. The van der Waals surface area contributed by atoms with E-state index in [-0.39, 0.29) is 0 Å². The summed E-state index contributed by atoms with van der Waals surface area (Å²) in [6.07, 6.45) is 1.49. The normalized spacial score (nSPS) is 10.5. The lowest BCUT2D eigenvalue weighted by Crippen LogP contribution is -2.03. The first kappa shape index (κ1) is 16.0. The standard InChI is InChI=1S/C15H15ClN6O2/c1-8-4-11(12(23-3)6-10(8)16)18-15-20-14(7-17-21-15)19-13-5-9(2)24-22-13/h4-7H,1-3H3,(H2,18,19,20,21,22). The highest BCUT2D eigenvalue weighted by Gasteiger charge is 2.10. The van der Waals surface area contributed by atoms with E-state index in [9.17, 15) is 0 Å². The summed E-state index contributed by atoms with van der Waals surface area (Å²) in [6, 6.07) is 5.33. The van der Waals surface area contributed by atoms with Crippen molar-refractivity contribution in [2.45, 2.75) is 13.8 Å². The zero-order valence-electron chi connectivity index (χ0n) is 13.3. The van der Waals surface area contributed by atoms with Gasteiger partial charge in [-0.2, -0.15) is 10.1 Å². The van der Waals surface area contributed by atoms with E-state index in [1.54, 1.807) is 26.2 Å². The molecule has 8 nitrogen and oxygen atoms in total. The highest BCUT2D eigenvalue weighted by Crippen LogP contribution is 2.32. The average molecular weight is 347 g/mol. The number of nitrogens with one attached hydrogen (secondary N) is 2. The Kier molecular flexibility index (Phi) is 4.48. The first-order chi connectivity index (χ1) is 11.5. The van der Waals surface area contributed by atoms with E-state index in [0.29, 0.717) is 39.8 Å². The molecule has 0 fully saturated rings. The van der Waals surface area contributed by atoms with E-state index in [2.05, 4.69) is 31.0 Å². The van der Waals surface area contributed by atoms with Gasteiger partial charge >= 0.3 is 0 Å². The summed E-state index contributed by atoms with van der Waals surface area (Å²) in [7, 11) is 1.57. The van der Waals surface area contributed by atoms with Crippen molar-refractivity contribution in [2.24, 2.45) is 0 Å². The number of methoxy groups -OCH3 is 1. The Morgan fingerprint density at radius 3 is 2.67 bits per heavy atom. The second kappa shape index (κ2) is 6.71. The van der Waals surface area contributed by atoms with E-state index < -0.39 is 0 Å². The smallest absolute Gasteiger partial charge is 0.249 e. The highest BCUT2D eigenvalue weighted by molar-refractivity contribution is 6.31. The number of ether oxygens (including phenoxy) is 1. The number of rotatable bonds is 5. The van der Waals surface area contributed by atoms with Crippen LogP contribution in [0.2, 0.25) is 5.02 Å². The fourth-order valence-corrected chi connectivity index (χ4v) is 2.18. The number of hydrogen-bond acceptors (Lipinski definition) is 8. The molecule has 9 heteroatoms. The molecule has 124 valence electrons. The van der Waals surface area contributed by atoms with Gasteiger partial charge < -0.3 is 19.9 Å². The molecule has 0 aliphatic carbocycles. The van der Waals surface area contributed by atoms with Crippen LogP contribution in [0.3, 0.4) is 0 Å². The molecule has 0 atom stereocenters. The average Bonchev–Trinajstić information content (AvgIpc) is 2.96. The second-order valence-corrected chi connectivity index (χ2v) is 5.45. The summed E-state index contributed by atoms with van der Waals surface area (Å²) in [5.41, 5.74) is 1.59. The molecule has 2 heterocycles. The van der Waals surface area contributed by atoms with Crippen molar-refractivity contribution in [2.75, 3.05) is 17.7 Å². The van der Waals surface area contributed by atoms with Crippen LogP contribution in [0.15, 0.2) is 28.9 Å². The Bertz CT molecular complexity index is 867. The molecule has 0 saturated carbocycles. The highest BCUT2D eigenvalue weighted by atomic mass is 35.5. The fourth-order valence-electron chi connectivity index (χ4n) is 2.02. The molecule has 0 spiro atoms. The summed E-state index contributed by atoms with van der Waals surface area (Å²) < 4.78 is 10.3. The lowest BCUT2D eigenvalue weighted by atomic mass is 10.2. The predicted molar refractivity (Wildman–Crippen MR) is 90.4 cm³/mol. The van der Waals surface area contributed by atoms with E-state index in [4.69, 9.17) is 20.9 Å². The zero-order valence-corrected chi connectivity index (χ0v) is 14.0. The minimum Gasteiger partial charge on any atom is -0.495 e. The molecule has 1 aromatic carbocycles. The topological polar surface area (TPSA) is 98.0 Å². The zero-order chi connectivity index (χ0) is 17.1. The number of anilines is 4. The molecule has 3 aromatic rings. The van der Waals surface area contributed by atoms with Crippen LogP contribution in [0, 0.1) is 13.8 Å². The van der Waals surface area contributed by atoms with Crippen molar-refractivity contribution >= 4 is 34.9 Å². The molecule has 0 radical (unpaired) electrons. The molecule has 0 amide bonds. The largest absolute Gasteiger partial charge is 0.495 e. The molecule has 0 aliphatic rings. The van der Waals surface area contributed by atoms with Gasteiger partial charge in [0.15, 0.2) is 11.6 Å². The molecule has 24 heavy (non-hydrogen) atoms. The first-order valence-corrected chi connectivity index (χ1v) is 7.44. The monoisotopic (exact) mass is 346 g/mol. The Labute approximate surface area is 143 Å². The summed E-state index contributed by atoms with van der Waals surface area (Å²) in [4.78, 5) is 4.33. The van der Waals surface area contributed by atoms with E-state index in [1.807, 2.05) is 13.0 Å². The Morgan fingerprint density at radius 1 is 1.12 bits per heavy atom. The summed E-state index contributed by atoms with van der Waals surface area (Å²) >= 11 is 6.11. The summed E-state index contributed by atoms with van der Waals surface area (Å²) in [5, 5.41) is 18.4. The van der Waals surface area contributed by atoms with Gasteiger partial charge in [-0.15, -0.1) is 5.10 Å². The van der Waals surface area contributed by atoms with Gasteiger partial charge in [0.25, 0.3) is 0 Å². The van der Waals surface area contributed by atoms with E-state index >= 15 is 0 Å². The van der Waals surface area contributed by atoms with Gasteiger partial charge in [-0.05, 0) is 25.5 Å². The molecule has 2 aromatic heterocycles. The van der Waals surface area contributed by atoms with Crippen LogP contribution < -0.4 is 15.4 Å². The van der Waals surface area contributed by atoms with Crippen LogP contribution in [0.4, 0.5) is 23.3 Å². The molecule has 2 N–H and O–H groups in total. The van der Waals surface area contributed by atoms with Crippen molar-refractivity contribution in [1.82, 2.24) is 20.3 Å². The van der Waals surface area contributed by atoms with Gasteiger partial charge in [0, 0.05) is 17.2 Å². The van der Waals surface area contributed by atoms with Crippen LogP contribution in [-0.2, 0) is 0 Å². The molecule has 0 saturated heterocycles. The molecule has 0 unspecified atom stereocenters. The van der Waals surface area contributed by atoms with Gasteiger partial charge in [0.05, 0.1) is 19.0 Å². The van der Waals surface area contributed by atoms with Gasteiger partial charge in [-0.25, -0.2) is 0 Å². The Balaban J connectivity index is 1.83. The number of benzene rings is 1. The van der Waals surface area contributed by atoms with Gasteiger partial charge in [0.2, 0.25) is 5.95 Å². The minimum absolute atomic E-state index is 0.306. The molecule has 0 bridgehead atoms. The molecule has 0 aliphatic heterocycles. The predicted octanol–water partition coefficient (Wildman–Crippen LogP) is 3.63. The maximum Gasteiger partial charge on any atom is 0.249 e. The maximum atomic E-state index is 6.11. The second-order valence-electron chi connectivity index (χ2n) is 5.04. The Hall–Kier alpha value is -2.87. The fraction of sp³-hybridized carbons (Fsp3) is 0.200. The third-order valence-corrected chi connectivity index (χ3v) is 3.58. The van der Waals surface area contributed by atoms with Crippen LogP contribution in [0.5, 0.6) is 5.75 Å². The van der Waals surface area contributed by atoms with Crippen molar-refractivity contribution in [3.8, 4) is 5.75 Å². The van der Waals surface area contributed by atoms with Crippen LogP contribution in [0.1, 0.15) is 11.3 Å². The van der Waals surface area contributed by atoms with E-state index in [1.165, 1.54) is 6.20 Å². The number of halogens is 1. The summed E-state index contributed by atoms with van der Waals surface area (Å²) in [5.74, 6) is 2.60. The number of nitrogens with zero attached hydrogens (tertiary/aromatic N) is 4. The van der Waals surface area contributed by atoms with Crippen molar-refractivity contribution in [1.29, 1.82) is 0 Å². The molecular weight excluding hydrogens is 332 g/mol. The third kappa shape index (κ3) is 3.54. The van der Waals surface area contributed by atoms with Crippen LogP contribution >= 0.6 is 11.6 Å². The minimum atomic E-state index is 0.306. The quantitative estimate of drug-likeness (QED) is 0.722. The third-order valence-electron chi connectivity index (χ3n) is 3.17. The van der Waals surface area contributed by atoms with Crippen molar-refractivity contribution in [3.63, 3.8) is 0 Å². The molecular formula is C15H15ClN6O2. The SMILES string of the molecule is COc1cc(Cl)c(C)cc1Nc1nncc(Nc2cc(C)on2)n1. The lowest BCUT2D eigenvalue weighted by molar-refractivity contribution is 0.400. The van der Waals surface area contributed by atoms with Crippen molar-refractivity contribution in [3.05, 3.63) is 40.7 Å². The van der Waals surface area contributed by atoms with Gasteiger partial charge in [-0.1, -0.05) is 16.8 Å². The first-order valence-electron chi connectivity index (χ1n) is 7.06. The molecule has 3 rings (SSSR count). The Morgan fingerprint density at radius 2 is 1.96 bits per heavy atom. The van der Waals surface area contributed by atoms with Crippen LogP contribution in [-0.4, -0.2) is 27.4 Å². The van der Waals surface area contributed by atoms with E-state index in [0.717, 1.165) is 5.56 Å². The number of aryl methyl sites for hydroxylation is 2. The van der Waals surface area contributed by atoms with Gasteiger partial charge in [0.1, 0.15) is 11.5 Å². The summed E-state index contributed by atoms with van der Waals surface area (Å²) in [6.45, 7) is 3.70. The number of aromatic nitrogens is 4. The van der Waals surface area contributed by atoms with Gasteiger partial charge in [-0.3, -0.25) is 0 Å².